The molecule has 2 heterocycles. The number of benzene rings is 1. The molecule has 0 saturated carbocycles. The lowest BCUT2D eigenvalue weighted by Gasteiger charge is -2.07. The third kappa shape index (κ3) is 3.43. The van der Waals surface area contributed by atoms with Crippen molar-refractivity contribution in [3.63, 3.8) is 0 Å². The van der Waals surface area contributed by atoms with E-state index in [0.717, 1.165) is 11.3 Å². The number of nitrogens with zero attached hydrogens (tertiary/aromatic N) is 2. The molecule has 1 aromatic carbocycles. The van der Waals surface area contributed by atoms with Gasteiger partial charge in [0.05, 0.1) is 5.69 Å². The average Bonchev–Trinajstić information content (AvgIpc) is 3.10. The van der Waals surface area contributed by atoms with Crippen molar-refractivity contribution in [2.24, 2.45) is 0 Å². The second kappa shape index (κ2) is 6.02. The molecule has 0 saturated heterocycles. The third-order valence-electron chi connectivity index (χ3n) is 2.80. The molecule has 0 unspecified atom stereocenters. The van der Waals surface area contributed by atoms with Crippen molar-refractivity contribution in [3.05, 3.63) is 45.8 Å². The predicted octanol–water partition coefficient (Wildman–Crippen LogP) is 3.81. The van der Waals surface area contributed by atoms with E-state index in [-0.39, 0.29) is 9.90 Å². The van der Waals surface area contributed by atoms with Crippen LogP contribution in [0.1, 0.15) is 5.89 Å². The average molecular weight is 418 g/mol. The first-order chi connectivity index (χ1) is 10.8. The molecule has 6 nitrogen and oxygen atoms in total. The molecule has 0 amide bonds. The van der Waals surface area contributed by atoms with Crippen LogP contribution >= 0.6 is 27.3 Å². The first-order valence-electron chi connectivity index (χ1n) is 6.22. The van der Waals surface area contributed by atoms with Gasteiger partial charge in [-0.25, -0.2) is 12.8 Å². The number of anilines is 1. The quantitative estimate of drug-likeness (QED) is 0.697. The maximum absolute atomic E-state index is 13.8. The molecule has 1 N–H and O–H groups in total. The second-order valence-corrected chi connectivity index (χ2v) is 8.26. The first-order valence-corrected chi connectivity index (χ1v) is 9.38. The maximum atomic E-state index is 13.8. The Morgan fingerprint density at radius 3 is 2.78 bits per heavy atom. The lowest BCUT2D eigenvalue weighted by Crippen LogP contribution is -2.12. The van der Waals surface area contributed by atoms with Crippen LogP contribution in [0.15, 0.2) is 42.9 Å². The molecule has 0 aliphatic heterocycles. The normalized spacial score (nSPS) is 11.6. The molecule has 0 atom stereocenters. The largest absolute Gasteiger partial charge is 0.339 e. The summed E-state index contributed by atoms with van der Waals surface area (Å²) in [5, 5.41) is 5.32. The Balaban J connectivity index is 1.89. The van der Waals surface area contributed by atoms with Crippen LogP contribution in [0.25, 0.3) is 11.4 Å². The van der Waals surface area contributed by atoms with E-state index >= 15 is 0 Å². The summed E-state index contributed by atoms with van der Waals surface area (Å²) in [4.78, 5) is 4.03. The molecule has 3 aromatic rings. The number of thiophene rings is 1. The van der Waals surface area contributed by atoms with Crippen LogP contribution in [0.5, 0.6) is 0 Å². The Labute approximate surface area is 143 Å². The zero-order chi connectivity index (χ0) is 16.6. The zero-order valence-corrected chi connectivity index (χ0v) is 14.8. The number of nitrogens with one attached hydrogen (secondary N) is 1. The predicted molar refractivity (Wildman–Crippen MR) is 87.3 cm³/mol. The fourth-order valence-corrected chi connectivity index (χ4v) is 4.32. The van der Waals surface area contributed by atoms with Crippen molar-refractivity contribution in [3.8, 4) is 11.4 Å². The summed E-state index contributed by atoms with van der Waals surface area (Å²) in [5.74, 6) is 0.00853. The Morgan fingerprint density at radius 1 is 1.35 bits per heavy atom. The van der Waals surface area contributed by atoms with Gasteiger partial charge in [0.15, 0.2) is 0 Å². The summed E-state index contributed by atoms with van der Waals surface area (Å²) in [6.07, 6.45) is 0. The number of halogens is 2. The van der Waals surface area contributed by atoms with Gasteiger partial charge < -0.3 is 4.52 Å². The monoisotopic (exact) mass is 417 g/mol. The summed E-state index contributed by atoms with van der Waals surface area (Å²) in [6, 6.07) is 5.48. The molecule has 23 heavy (non-hydrogen) atoms. The molecule has 0 radical (unpaired) electrons. The van der Waals surface area contributed by atoms with Crippen molar-refractivity contribution < 1.29 is 17.3 Å². The highest BCUT2D eigenvalue weighted by molar-refractivity contribution is 9.10. The number of sulfonamides is 1. The SMILES string of the molecule is Cc1nc(-c2csc(S(=O)(=O)Nc3ccc(Br)cc3F)c2)no1. The molecule has 0 aliphatic rings. The highest BCUT2D eigenvalue weighted by atomic mass is 79.9. The lowest BCUT2D eigenvalue weighted by molar-refractivity contribution is 0.394. The smallest absolute Gasteiger partial charge is 0.271 e. The van der Waals surface area contributed by atoms with Crippen LogP contribution in [0.3, 0.4) is 0 Å². The summed E-state index contributed by atoms with van der Waals surface area (Å²) >= 11 is 4.10. The summed E-state index contributed by atoms with van der Waals surface area (Å²) in [5.41, 5.74) is 0.391. The lowest BCUT2D eigenvalue weighted by atomic mass is 10.3. The fraction of sp³-hybridized carbons (Fsp3) is 0.0769. The molecule has 0 fully saturated rings. The van der Waals surface area contributed by atoms with Gasteiger partial charge in [-0.05, 0) is 24.3 Å². The van der Waals surface area contributed by atoms with E-state index in [2.05, 4.69) is 30.8 Å². The van der Waals surface area contributed by atoms with Crippen molar-refractivity contribution in [1.82, 2.24) is 10.1 Å². The van der Waals surface area contributed by atoms with Crippen molar-refractivity contribution >= 4 is 43.0 Å². The number of aromatic nitrogens is 2. The van der Waals surface area contributed by atoms with E-state index in [1.54, 1.807) is 18.4 Å². The number of aryl methyl sites for hydroxylation is 1. The van der Waals surface area contributed by atoms with Crippen molar-refractivity contribution in [2.75, 3.05) is 4.72 Å². The zero-order valence-electron chi connectivity index (χ0n) is 11.6. The molecule has 0 bridgehead atoms. The molecule has 3 rings (SSSR count). The van der Waals surface area contributed by atoms with Crippen molar-refractivity contribution in [2.45, 2.75) is 11.1 Å². The van der Waals surface area contributed by atoms with Gasteiger partial charge in [0.1, 0.15) is 10.0 Å². The van der Waals surface area contributed by atoms with Gasteiger partial charge >= 0.3 is 0 Å². The molecule has 0 aliphatic carbocycles. The Bertz CT molecular complexity index is 969. The van der Waals surface area contributed by atoms with E-state index in [1.165, 1.54) is 18.2 Å². The van der Waals surface area contributed by atoms with Crippen LogP contribution < -0.4 is 4.72 Å². The van der Waals surface area contributed by atoms with Crippen LogP contribution in [0, 0.1) is 12.7 Å². The van der Waals surface area contributed by atoms with Gasteiger partial charge in [-0.2, -0.15) is 4.98 Å². The number of hydrogen-bond donors (Lipinski definition) is 1. The molecular formula is C13H9BrFN3O3S2. The standard InChI is InChI=1S/C13H9BrFN3O3S2/c1-7-16-13(17-21-7)8-4-12(22-6-8)23(19,20)18-11-3-2-9(14)5-10(11)15/h2-6,18H,1H3. The van der Waals surface area contributed by atoms with Gasteiger partial charge in [0.25, 0.3) is 10.0 Å². The molecule has 2 aromatic heterocycles. The topological polar surface area (TPSA) is 85.1 Å². The van der Waals surface area contributed by atoms with E-state index in [9.17, 15) is 12.8 Å². The highest BCUT2D eigenvalue weighted by Gasteiger charge is 2.20. The van der Waals surface area contributed by atoms with Gasteiger partial charge in [0.2, 0.25) is 11.7 Å². The Morgan fingerprint density at radius 2 is 2.13 bits per heavy atom. The third-order valence-corrected chi connectivity index (χ3v) is 6.10. The Hall–Kier alpha value is -1.78. The van der Waals surface area contributed by atoms with Crippen LogP contribution in [0.4, 0.5) is 10.1 Å². The van der Waals surface area contributed by atoms with Crippen LogP contribution in [-0.4, -0.2) is 18.6 Å². The number of hydrogen-bond acceptors (Lipinski definition) is 6. The minimum atomic E-state index is -3.90. The van der Waals surface area contributed by atoms with E-state index < -0.39 is 15.8 Å². The van der Waals surface area contributed by atoms with Crippen LogP contribution in [-0.2, 0) is 10.0 Å². The van der Waals surface area contributed by atoms with Gasteiger partial charge in [-0.3, -0.25) is 4.72 Å². The van der Waals surface area contributed by atoms with Gasteiger partial charge in [-0.15, -0.1) is 11.3 Å². The fourth-order valence-electron chi connectivity index (χ4n) is 1.76. The van der Waals surface area contributed by atoms with Crippen LogP contribution in [0.2, 0.25) is 0 Å². The highest BCUT2D eigenvalue weighted by Crippen LogP contribution is 2.29. The first kappa shape index (κ1) is 16.1. The minimum absolute atomic E-state index is 0.0253. The summed E-state index contributed by atoms with van der Waals surface area (Å²) < 4.78 is 46.1. The van der Waals surface area contributed by atoms with E-state index in [4.69, 9.17) is 4.52 Å². The van der Waals surface area contributed by atoms with Crippen molar-refractivity contribution in [1.29, 1.82) is 0 Å². The van der Waals surface area contributed by atoms with E-state index in [0.29, 0.717) is 21.8 Å². The molecule has 0 spiro atoms. The van der Waals surface area contributed by atoms with Gasteiger partial charge in [0, 0.05) is 22.3 Å². The molecular weight excluding hydrogens is 409 g/mol. The number of rotatable bonds is 4. The molecule has 120 valence electrons. The van der Waals surface area contributed by atoms with E-state index in [1.807, 2.05) is 0 Å². The molecule has 10 heteroatoms. The van der Waals surface area contributed by atoms with Gasteiger partial charge in [-0.1, -0.05) is 21.1 Å². The summed E-state index contributed by atoms with van der Waals surface area (Å²) in [7, 11) is -3.90. The summed E-state index contributed by atoms with van der Waals surface area (Å²) in [6.45, 7) is 1.64. The second-order valence-electron chi connectivity index (χ2n) is 4.52. The Kier molecular flexibility index (Phi) is 4.21. The maximum Gasteiger partial charge on any atom is 0.271 e. The minimum Gasteiger partial charge on any atom is -0.339 e.